The van der Waals surface area contributed by atoms with Crippen LogP contribution in [0.1, 0.15) is 26.3 Å². The van der Waals surface area contributed by atoms with Gasteiger partial charge >= 0.3 is 0 Å². The molecule has 156 valence electrons. The summed E-state index contributed by atoms with van der Waals surface area (Å²) in [5.74, 6) is -0.590. The minimum Gasteiger partial charge on any atom is -0.496 e. The Kier molecular flexibility index (Phi) is 7.16. The molecule has 0 fully saturated rings. The van der Waals surface area contributed by atoms with Gasteiger partial charge in [0, 0.05) is 28.5 Å². The summed E-state index contributed by atoms with van der Waals surface area (Å²) in [6.45, 7) is 0. The van der Waals surface area contributed by atoms with Crippen molar-refractivity contribution in [2.24, 2.45) is 0 Å². The molecule has 3 aromatic carbocycles. The summed E-state index contributed by atoms with van der Waals surface area (Å²) in [6, 6.07) is 22.4. The van der Waals surface area contributed by atoms with Crippen molar-refractivity contribution in [3.63, 3.8) is 0 Å². The maximum absolute atomic E-state index is 12.2. The van der Waals surface area contributed by atoms with Crippen LogP contribution in [0.4, 0.5) is 5.69 Å². The van der Waals surface area contributed by atoms with Gasteiger partial charge in [-0.1, -0.05) is 36.4 Å². The standard InChI is InChI=1S/C24H21N3O4/c1-31-21-10-6-5-7-17(21)13-16-22(28)26-27-24(30)19-11-14-20(15-12-19)25-23(29)18-8-3-2-4-9-18/h2-16H,1H3,(H,25,29)(H,26,28)(H,27,30)/b16-13+. The monoisotopic (exact) mass is 415 g/mol. The van der Waals surface area contributed by atoms with E-state index in [-0.39, 0.29) is 5.91 Å². The molecule has 0 bridgehead atoms. The summed E-state index contributed by atoms with van der Waals surface area (Å²) in [4.78, 5) is 36.3. The molecule has 0 saturated heterocycles. The summed E-state index contributed by atoms with van der Waals surface area (Å²) in [7, 11) is 1.55. The Labute approximate surface area is 179 Å². The van der Waals surface area contributed by atoms with Gasteiger partial charge in [-0.3, -0.25) is 25.2 Å². The molecule has 3 rings (SSSR count). The summed E-state index contributed by atoms with van der Waals surface area (Å²) < 4.78 is 5.21. The third kappa shape index (κ3) is 6.04. The molecule has 0 radical (unpaired) electrons. The number of methoxy groups -OCH3 is 1. The average Bonchev–Trinajstić information content (AvgIpc) is 2.82. The predicted molar refractivity (Wildman–Crippen MR) is 118 cm³/mol. The summed E-state index contributed by atoms with van der Waals surface area (Å²) >= 11 is 0. The van der Waals surface area contributed by atoms with Crippen LogP contribution in [0.5, 0.6) is 5.75 Å². The highest BCUT2D eigenvalue weighted by atomic mass is 16.5. The molecule has 0 spiro atoms. The summed E-state index contributed by atoms with van der Waals surface area (Å²) in [5.41, 5.74) is 6.81. The number of nitrogens with one attached hydrogen (secondary N) is 3. The fraction of sp³-hybridized carbons (Fsp3) is 0.0417. The van der Waals surface area contributed by atoms with Gasteiger partial charge in [0.1, 0.15) is 5.75 Å². The van der Waals surface area contributed by atoms with Gasteiger partial charge in [-0.05, 0) is 48.5 Å². The van der Waals surface area contributed by atoms with Crippen LogP contribution in [0.2, 0.25) is 0 Å². The van der Waals surface area contributed by atoms with E-state index in [9.17, 15) is 14.4 Å². The number of amides is 3. The van der Waals surface area contributed by atoms with Gasteiger partial charge in [0.05, 0.1) is 7.11 Å². The van der Waals surface area contributed by atoms with Crippen LogP contribution in [0, 0.1) is 0 Å². The minimum atomic E-state index is -0.494. The van der Waals surface area contributed by atoms with Crippen LogP contribution in [0.15, 0.2) is 84.9 Å². The lowest BCUT2D eigenvalue weighted by Crippen LogP contribution is -2.40. The van der Waals surface area contributed by atoms with Crippen molar-refractivity contribution in [2.75, 3.05) is 12.4 Å². The Morgan fingerprint density at radius 1 is 0.742 bits per heavy atom. The molecule has 7 nitrogen and oxygen atoms in total. The molecule has 7 heteroatoms. The Morgan fingerprint density at radius 2 is 1.39 bits per heavy atom. The second-order valence-electron chi connectivity index (χ2n) is 6.42. The zero-order valence-corrected chi connectivity index (χ0v) is 16.8. The van der Waals surface area contributed by atoms with E-state index in [4.69, 9.17) is 4.74 Å². The van der Waals surface area contributed by atoms with Crippen LogP contribution in [-0.4, -0.2) is 24.8 Å². The zero-order chi connectivity index (χ0) is 22.1. The predicted octanol–water partition coefficient (Wildman–Crippen LogP) is 3.42. The van der Waals surface area contributed by atoms with E-state index in [2.05, 4.69) is 16.2 Å². The second kappa shape index (κ2) is 10.4. The molecule has 0 saturated carbocycles. The summed E-state index contributed by atoms with van der Waals surface area (Å²) in [6.07, 6.45) is 2.88. The molecule has 31 heavy (non-hydrogen) atoms. The van der Waals surface area contributed by atoms with Crippen molar-refractivity contribution in [1.29, 1.82) is 0 Å². The van der Waals surface area contributed by atoms with Crippen molar-refractivity contribution in [3.05, 3.63) is 102 Å². The van der Waals surface area contributed by atoms with Crippen LogP contribution < -0.4 is 20.9 Å². The van der Waals surface area contributed by atoms with Gasteiger partial charge in [-0.2, -0.15) is 0 Å². The number of hydrogen-bond acceptors (Lipinski definition) is 4. The topological polar surface area (TPSA) is 96.5 Å². The first-order valence-electron chi connectivity index (χ1n) is 9.44. The second-order valence-corrected chi connectivity index (χ2v) is 6.42. The molecule has 0 aliphatic rings. The quantitative estimate of drug-likeness (QED) is 0.425. The van der Waals surface area contributed by atoms with E-state index in [0.29, 0.717) is 22.6 Å². The van der Waals surface area contributed by atoms with E-state index in [1.807, 2.05) is 18.2 Å². The molecule has 0 heterocycles. The van der Waals surface area contributed by atoms with Crippen molar-refractivity contribution in [3.8, 4) is 5.75 Å². The molecular formula is C24H21N3O4. The van der Waals surface area contributed by atoms with E-state index in [1.165, 1.54) is 6.08 Å². The zero-order valence-electron chi connectivity index (χ0n) is 16.8. The molecular weight excluding hydrogens is 394 g/mol. The van der Waals surface area contributed by atoms with Crippen molar-refractivity contribution >= 4 is 29.5 Å². The first-order chi connectivity index (χ1) is 15.1. The molecule has 0 unspecified atom stereocenters. The Balaban J connectivity index is 1.52. The van der Waals surface area contributed by atoms with Gasteiger partial charge in [-0.25, -0.2) is 0 Å². The maximum atomic E-state index is 12.2. The highest BCUT2D eigenvalue weighted by Gasteiger charge is 2.08. The molecule has 3 amide bonds. The number of carbonyl (C=O) groups is 3. The molecule has 0 atom stereocenters. The van der Waals surface area contributed by atoms with E-state index in [1.54, 1.807) is 73.8 Å². The lowest BCUT2D eigenvalue weighted by molar-refractivity contribution is -0.117. The number of hydrazine groups is 1. The Morgan fingerprint density at radius 3 is 2.10 bits per heavy atom. The third-order valence-corrected chi connectivity index (χ3v) is 4.29. The lowest BCUT2D eigenvalue weighted by Gasteiger charge is -2.08. The number of ether oxygens (including phenoxy) is 1. The first-order valence-corrected chi connectivity index (χ1v) is 9.44. The minimum absolute atomic E-state index is 0.244. The fourth-order valence-corrected chi connectivity index (χ4v) is 2.70. The number of anilines is 1. The van der Waals surface area contributed by atoms with Crippen LogP contribution in [-0.2, 0) is 4.79 Å². The lowest BCUT2D eigenvalue weighted by atomic mass is 10.1. The number of para-hydroxylation sites is 1. The van der Waals surface area contributed by atoms with Crippen LogP contribution in [0.25, 0.3) is 6.08 Å². The number of rotatable bonds is 6. The Hall–Kier alpha value is -4.39. The van der Waals surface area contributed by atoms with Gasteiger partial charge in [0.25, 0.3) is 17.7 Å². The van der Waals surface area contributed by atoms with Crippen molar-refractivity contribution < 1.29 is 19.1 Å². The van der Waals surface area contributed by atoms with Gasteiger partial charge < -0.3 is 10.1 Å². The van der Waals surface area contributed by atoms with E-state index < -0.39 is 11.8 Å². The fourth-order valence-electron chi connectivity index (χ4n) is 2.70. The third-order valence-electron chi connectivity index (χ3n) is 4.29. The number of carbonyl (C=O) groups excluding carboxylic acids is 3. The highest BCUT2D eigenvalue weighted by Crippen LogP contribution is 2.18. The van der Waals surface area contributed by atoms with Gasteiger partial charge in [0.2, 0.25) is 0 Å². The molecule has 0 aliphatic carbocycles. The van der Waals surface area contributed by atoms with Crippen LogP contribution in [0.3, 0.4) is 0 Å². The summed E-state index contributed by atoms with van der Waals surface area (Å²) in [5, 5.41) is 2.76. The van der Waals surface area contributed by atoms with Gasteiger partial charge in [-0.15, -0.1) is 0 Å². The highest BCUT2D eigenvalue weighted by molar-refractivity contribution is 6.04. The largest absolute Gasteiger partial charge is 0.496 e. The number of hydrogen-bond donors (Lipinski definition) is 3. The maximum Gasteiger partial charge on any atom is 0.269 e. The number of benzene rings is 3. The average molecular weight is 415 g/mol. The SMILES string of the molecule is COc1ccccc1/C=C/C(=O)NNC(=O)c1ccc(NC(=O)c2ccccc2)cc1. The van der Waals surface area contributed by atoms with Crippen molar-refractivity contribution in [1.82, 2.24) is 10.9 Å². The van der Waals surface area contributed by atoms with Crippen molar-refractivity contribution in [2.45, 2.75) is 0 Å². The van der Waals surface area contributed by atoms with E-state index in [0.717, 1.165) is 5.56 Å². The van der Waals surface area contributed by atoms with Crippen LogP contribution >= 0.6 is 0 Å². The van der Waals surface area contributed by atoms with Gasteiger partial charge in [0.15, 0.2) is 0 Å². The normalized spacial score (nSPS) is 10.4. The smallest absolute Gasteiger partial charge is 0.269 e. The first kappa shape index (κ1) is 21.3. The molecule has 3 aromatic rings. The molecule has 0 aromatic heterocycles. The Bertz CT molecular complexity index is 1090. The molecule has 0 aliphatic heterocycles. The molecule has 3 N–H and O–H groups in total. The van der Waals surface area contributed by atoms with E-state index >= 15 is 0 Å².